The van der Waals surface area contributed by atoms with Gasteiger partial charge in [0.2, 0.25) is 0 Å². The highest BCUT2D eigenvalue weighted by Crippen LogP contribution is 2.34. The van der Waals surface area contributed by atoms with Gasteiger partial charge < -0.3 is 9.47 Å². The van der Waals surface area contributed by atoms with Crippen molar-refractivity contribution in [1.82, 2.24) is 5.32 Å². The standard InChI is InChI=1S/C24H24N2O4S/c1-5-7-17-12-16(14-20(29-3)21(17)30-4)13-19-22(27)25-24(31)26(23(19)28)18-10-8-15(6-2)9-11-18/h5,8-14H,1,6-7H2,2-4H3,(H,25,27,31). The summed E-state index contributed by atoms with van der Waals surface area (Å²) in [4.78, 5) is 27.2. The number of nitrogens with one attached hydrogen (secondary N) is 1. The van der Waals surface area contributed by atoms with E-state index < -0.39 is 11.8 Å². The third-order valence-electron chi connectivity index (χ3n) is 4.96. The van der Waals surface area contributed by atoms with E-state index in [1.54, 1.807) is 19.3 Å². The smallest absolute Gasteiger partial charge is 0.270 e. The lowest BCUT2D eigenvalue weighted by Gasteiger charge is -2.29. The molecule has 0 unspecified atom stereocenters. The second kappa shape index (κ2) is 9.57. The molecule has 2 aromatic carbocycles. The number of hydrogen-bond donors (Lipinski definition) is 1. The molecule has 1 N–H and O–H groups in total. The Morgan fingerprint density at radius 3 is 2.42 bits per heavy atom. The van der Waals surface area contributed by atoms with E-state index in [4.69, 9.17) is 21.7 Å². The normalized spacial score (nSPS) is 15.1. The average molecular weight is 437 g/mol. The number of allylic oxidation sites excluding steroid dienone is 1. The number of ether oxygens (including phenoxy) is 2. The minimum Gasteiger partial charge on any atom is -0.493 e. The van der Waals surface area contributed by atoms with Crippen LogP contribution in [0.1, 0.15) is 23.6 Å². The molecule has 1 aliphatic rings. The maximum Gasteiger partial charge on any atom is 0.270 e. The molecule has 0 spiro atoms. The second-order valence-electron chi connectivity index (χ2n) is 6.89. The van der Waals surface area contributed by atoms with E-state index in [2.05, 4.69) is 18.8 Å². The molecule has 1 fully saturated rings. The van der Waals surface area contributed by atoms with Crippen LogP contribution >= 0.6 is 12.2 Å². The van der Waals surface area contributed by atoms with Crippen LogP contribution in [0.4, 0.5) is 5.69 Å². The van der Waals surface area contributed by atoms with Crippen LogP contribution in [0.2, 0.25) is 0 Å². The molecule has 2 amide bonds. The van der Waals surface area contributed by atoms with Crippen molar-refractivity contribution in [3.05, 3.63) is 71.3 Å². The first-order valence-corrected chi connectivity index (χ1v) is 10.2. The minimum atomic E-state index is -0.545. The van der Waals surface area contributed by atoms with Gasteiger partial charge in [0.25, 0.3) is 11.8 Å². The van der Waals surface area contributed by atoms with E-state index >= 15 is 0 Å². The lowest BCUT2D eigenvalue weighted by molar-refractivity contribution is -0.122. The summed E-state index contributed by atoms with van der Waals surface area (Å²) in [7, 11) is 3.09. The summed E-state index contributed by atoms with van der Waals surface area (Å²) in [6, 6.07) is 11.0. The summed E-state index contributed by atoms with van der Waals surface area (Å²) in [5.74, 6) is 0.0530. The highest BCUT2D eigenvalue weighted by atomic mass is 32.1. The highest BCUT2D eigenvalue weighted by molar-refractivity contribution is 7.80. The highest BCUT2D eigenvalue weighted by Gasteiger charge is 2.34. The molecule has 0 atom stereocenters. The lowest BCUT2D eigenvalue weighted by atomic mass is 10.0. The molecule has 0 aromatic heterocycles. The number of benzene rings is 2. The van der Waals surface area contributed by atoms with Gasteiger partial charge in [0.1, 0.15) is 5.57 Å². The number of nitrogens with zero attached hydrogens (tertiary/aromatic N) is 1. The van der Waals surface area contributed by atoms with E-state index in [0.717, 1.165) is 17.5 Å². The van der Waals surface area contributed by atoms with E-state index in [1.807, 2.05) is 30.3 Å². The van der Waals surface area contributed by atoms with Crippen LogP contribution in [0.3, 0.4) is 0 Å². The lowest BCUT2D eigenvalue weighted by Crippen LogP contribution is -2.54. The number of amides is 2. The van der Waals surface area contributed by atoms with Crippen molar-refractivity contribution < 1.29 is 19.1 Å². The Morgan fingerprint density at radius 2 is 1.84 bits per heavy atom. The van der Waals surface area contributed by atoms with Crippen LogP contribution in [0.15, 0.2) is 54.6 Å². The Hall–Kier alpha value is -3.45. The van der Waals surface area contributed by atoms with Gasteiger partial charge >= 0.3 is 0 Å². The van der Waals surface area contributed by atoms with Crippen LogP contribution in [0.25, 0.3) is 6.08 Å². The Bertz CT molecular complexity index is 1070. The zero-order valence-corrected chi connectivity index (χ0v) is 18.5. The summed E-state index contributed by atoms with van der Waals surface area (Å²) in [5.41, 5.74) is 3.17. The Kier molecular flexibility index (Phi) is 6.87. The van der Waals surface area contributed by atoms with Gasteiger partial charge in [-0.1, -0.05) is 25.1 Å². The number of carbonyl (C=O) groups is 2. The van der Waals surface area contributed by atoms with Crippen molar-refractivity contribution in [3.8, 4) is 11.5 Å². The number of carbonyl (C=O) groups excluding carboxylic acids is 2. The van der Waals surface area contributed by atoms with Crippen LogP contribution < -0.4 is 19.7 Å². The number of thiocarbonyl (C=S) groups is 1. The van der Waals surface area contributed by atoms with Gasteiger partial charge in [0, 0.05) is 5.56 Å². The fourth-order valence-electron chi connectivity index (χ4n) is 3.40. The summed E-state index contributed by atoms with van der Waals surface area (Å²) in [6.07, 6.45) is 4.69. The number of methoxy groups -OCH3 is 2. The van der Waals surface area contributed by atoms with Gasteiger partial charge in [-0.25, -0.2) is 0 Å². The molecule has 160 valence electrons. The largest absolute Gasteiger partial charge is 0.493 e. The topological polar surface area (TPSA) is 67.9 Å². The number of aryl methyl sites for hydroxylation is 1. The van der Waals surface area contributed by atoms with E-state index in [-0.39, 0.29) is 10.7 Å². The van der Waals surface area contributed by atoms with Gasteiger partial charge in [0.15, 0.2) is 16.6 Å². The first-order chi connectivity index (χ1) is 14.9. The first kappa shape index (κ1) is 22.2. The second-order valence-corrected chi connectivity index (χ2v) is 7.27. The summed E-state index contributed by atoms with van der Waals surface area (Å²) >= 11 is 5.27. The van der Waals surface area contributed by atoms with Gasteiger partial charge in [0.05, 0.1) is 19.9 Å². The molecule has 0 radical (unpaired) electrons. The summed E-state index contributed by atoms with van der Waals surface area (Å²) in [6.45, 7) is 5.82. The van der Waals surface area contributed by atoms with Crippen molar-refractivity contribution in [3.63, 3.8) is 0 Å². The number of hydrogen-bond acceptors (Lipinski definition) is 5. The minimum absolute atomic E-state index is 0.0232. The Labute approximate surface area is 187 Å². The van der Waals surface area contributed by atoms with E-state index in [9.17, 15) is 9.59 Å². The third-order valence-corrected chi connectivity index (χ3v) is 5.24. The number of rotatable bonds is 7. The molecule has 1 aliphatic heterocycles. The van der Waals surface area contributed by atoms with Crippen LogP contribution in [-0.4, -0.2) is 31.1 Å². The van der Waals surface area contributed by atoms with Crippen LogP contribution in [0.5, 0.6) is 11.5 Å². The van der Waals surface area contributed by atoms with Crippen molar-refractivity contribution >= 4 is 40.9 Å². The van der Waals surface area contributed by atoms with Crippen LogP contribution in [0, 0.1) is 0 Å². The zero-order valence-electron chi connectivity index (χ0n) is 17.7. The van der Waals surface area contributed by atoms with Crippen LogP contribution in [-0.2, 0) is 22.4 Å². The predicted octanol–water partition coefficient (Wildman–Crippen LogP) is 3.83. The van der Waals surface area contributed by atoms with Gasteiger partial charge in [-0.2, -0.15) is 0 Å². The molecular formula is C24H24N2O4S. The van der Waals surface area contributed by atoms with Crippen molar-refractivity contribution in [1.29, 1.82) is 0 Å². The monoisotopic (exact) mass is 436 g/mol. The Balaban J connectivity index is 2.05. The van der Waals surface area contributed by atoms with Crippen molar-refractivity contribution in [2.45, 2.75) is 19.8 Å². The fraction of sp³-hybridized carbons (Fsp3) is 0.208. The average Bonchev–Trinajstić information content (AvgIpc) is 2.76. The SMILES string of the molecule is C=CCc1cc(C=C2C(=O)NC(=S)N(c3ccc(CC)cc3)C2=O)cc(OC)c1OC. The summed E-state index contributed by atoms with van der Waals surface area (Å²) < 4.78 is 10.9. The van der Waals surface area contributed by atoms with E-state index in [1.165, 1.54) is 18.1 Å². The van der Waals surface area contributed by atoms with Gasteiger partial charge in [-0.15, -0.1) is 6.58 Å². The molecule has 7 heteroatoms. The van der Waals surface area contributed by atoms with Crippen molar-refractivity contribution in [2.24, 2.45) is 0 Å². The maximum atomic E-state index is 13.2. The molecule has 0 saturated carbocycles. The molecule has 1 heterocycles. The molecule has 6 nitrogen and oxygen atoms in total. The first-order valence-electron chi connectivity index (χ1n) is 9.79. The summed E-state index contributed by atoms with van der Waals surface area (Å²) in [5, 5.41) is 2.66. The van der Waals surface area contributed by atoms with Crippen molar-refractivity contribution in [2.75, 3.05) is 19.1 Å². The Morgan fingerprint density at radius 1 is 1.13 bits per heavy atom. The third kappa shape index (κ3) is 4.51. The van der Waals surface area contributed by atoms with Gasteiger partial charge in [-0.3, -0.25) is 19.8 Å². The molecule has 3 rings (SSSR count). The zero-order chi connectivity index (χ0) is 22.5. The molecule has 0 aliphatic carbocycles. The van der Waals surface area contributed by atoms with Gasteiger partial charge in [-0.05, 0) is 66.5 Å². The molecule has 1 saturated heterocycles. The molecular weight excluding hydrogens is 412 g/mol. The predicted molar refractivity (Wildman–Crippen MR) is 125 cm³/mol. The fourth-order valence-corrected chi connectivity index (χ4v) is 3.68. The molecule has 0 bridgehead atoms. The number of anilines is 1. The maximum absolute atomic E-state index is 13.2. The molecule has 31 heavy (non-hydrogen) atoms. The molecule has 2 aromatic rings. The van der Waals surface area contributed by atoms with E-state index in [0.29, 0.717) is 29.2 Å². The quantitative estimate of drug-likeness (QED) is 0.309.